The fourth-order valence-corrected chi connectivity index (χ4v) is 3.17. The monoisotopic (exact) mass is 312 g/mol. The van der Waals surface area contributed by atoms with Gasteiger partial charge in [0.2, 0.25) is 10.0 Å². The Morgan fingerprint density at radius 1 is 1.40 bits per heavy atom. The minimum Gasteiger partial charge on any atom is -0.397 e. The molecule has 0 unspecified atom stereocenters. The van der Waals surface area contributed by atoms with Crippen LogP contribution in [0.25, 0.3) is 0 Å². The molecule has 8 heteroatoms. The van der Waals surface area contributed by atoms with Crippen LogP contribution in [0.1, 0.15) is 10.6 Å². The van der Waals surface area contributed by atoms with Crippen LogP contribution < -0.4 is 15.8 Å². The average Bonchev–Trinajstić information content (AvgIpc) is 2.74. The van der Waals surface area contributed by atoms with Crippen LogP contribution in [-0.2, 0) is 16.6 Å². The van der Waals surface area contributed by atoms with Gasteiger partial charge in [0, 0.05) is 11.9 Å². The van der Waals surface area contributed by atoms with E-state index in [2.05, 4.69) is 4.98 Å². The highest BCUT2D eigenvalue weighted by molar-refractivity contribution is 7.89. The number of aromatic nitrogens is 1. The standard InChI is InChI=1S/C12H16N4O2S2/c1-8-12(19-7-15-8)6-16(2)11-5-9(20(14,17)18)3-4-10(11)13/h3-5,7H,6,13H2,1-2H3,(H2,14,17,18). The highest BCUT2D eigenvalue weighted by atomic mass is 32.2. The molecular weight excluding hydrogens is 296 g/mol. The molecule has 0 bridgehead atoms. The Labute approximate surface area is 122 Å². The van der Waals surface area contributed by atoms with Crippen LogP contribution in [0.2, 0.25) is 0 Å². The largest absolute Gasteiger partial charge is 0.397 e. The molecule has 0 aliphatic heterocycles. The number of rotatable bonds is 4. The molecule has 0 saturated heterocycles. The van der Waals surface area contributed by atoms with E-state index < -0.39 is 10.0 Å². The highest BCUT2D eigenvalue weighted by Crippen LogP contribution is 2.27. The summed E-state index contributed by atoms with van der Waals surface area (Å²) in [5, 5.41) is 5.14. The van der Waals surface area contributed by atoms with Crippen molar-refractivity contribution in [3.63, 3.8) is 0 Å². The van der Waals surface area contributed by atoms with Crippen LogP contribution in [0, 0.1) is 6.92 Å². The summed E-state index contributed by atoms with van der Waals surface area (Å²) in [7, 11) is -1.89. The zero-order valence-electron chi connectivity index (χ0n) is 11.2. The van der Waals surface area contributed by atoms with Crippen molar-refractivity contribution in [2.75, 3.05) is 17.7 Å². The summed E-state index contributed by atoms with van der Waals surface area (Å²) in [6, 6.07) is 4.44. The molecule has 2 aromatic rings. The van der Waals surface area contributed by atoms with Crippen LogP contribution in [0.4, 0.5) is 11.4 Å². The lowest BCUT2D eigenvalue weighted by Gasteiger charge is -2.21. The summed E-state index contributed by atoms with van der Waals surface area (Å²) >= 11 is 1.55. The summed E-state index contributed by atoms with van der Waals surface area (Å²) in [5.74, 6) is 0. The second-order valence-electron chi connectivity index (χ2n) is 4.48. The zero-order chi connectivity index (χ0) is 14.9. The molecule has 0 aliphatic rings. The predicted octanol–water partition coefficient (Wildman–Crippen LogP) is 1.32. The van der Waals surface area contributed by atoms with Crippen LogP contribution in [0.15, 0.2) is 28.6 Å². The van der Waals surface area contributed by atoms with E-state index >= 15 is 0 Å². The van der Waals surface area contributed by atoms with Crippen LogP contribution in [-0.4, -0.2) is 20.4 Å². The van der Waals surface area contributed by atoms with E-state index in [1.54, 1.807) is 22.9 Å². The number of hydrogen-bond acceptors (Lipinski definition) is 6. The Morgan fingerprint density at radius 2 is 2.10 bits per heavy atom. The molecule has 1 aromatic heterocycles. The van der Waals surface area contributed by atoms with Crippen LogP contribution in [0.5, 0.6) is 0 Å². The number of aryl methyl sites for hydroxylation is 1. The topological polar surface area (TPSA) is 102 Å². The SMILES string of the molecule is Cc1ncsc1CN(C)c1cc(S(N)(=O)=O)ccc1N. The quantitative estimate of drug-likeness (QED) is 0.829. The minimum atomic E-state index is -3.74. The van der Waals surface area contributed by atoms with Crippen molar-refractivity contribution in [2.45, 2.75) is 18.4 Å². The van der Waals surface area contributed by atoms with Crippen molar-refractivity contribution in [1.82, 2.24) is 4.98 Å². The van der Waals surface area contributed by atoms with E-state index in [-0.39, 0.29) is 4.90 Å². The second kappa shape index (κ2) is 5.39. The number of nitrogens with zero attached hydrogens (tertiary/aromatic N) is 2. The number of anilines is 2. The van der Waals surface area contributed by atoms with Crippen molar-refractivity contribution < 1.29 is 8.42 Å². The van der Waals surface area contributed by atoms with Crippen LogP contribution >= 0.6 is 11.3 Å². The highest BCUT2D eigenvalue weighted by Gasteiger charge is 2.14. The molecule has 1 heterocycles. The lowest BCUT2D eigenvalue weighted by atomic mass is 10.2. The normalized spacial score (nSPS) is 11.6. The number of thiazole rings is 1. The first-order valence-corrected chi connectivity index (χ1v) is 8.24. The van der Waals surface area contributed by atoms with Gasteiger partial charge in [0.1, 0.15) is 0 Å². The number of nitrogen functional groups attached to an aromatic ring is 1. The summed E-state index contributed by atoms with van der Waals surface area (Å²) in [6.07, 6.45) is 0. The molecule has 0 spiro atoms. The second-order valence-corrected chi connectivity index (χ2v) is 6.98. The summed E-state index contributed by atoms with van der Waals surface area (Å²) < 4.78 is 22.8. The molecule has 20 heavy (non-hydrogen) atoms. The van der Waals surface area contributed by atoms with Gasteiger partial charge < -0.3 is 10.6 Å². The number of benzene rings is 1. The van der Waals surface area contributed by atoms with E-state index in [1.165, 1.54) is 12.1 Å². The molecule has 1 aromatic carbocycles. The van der Waals surface area contributed by atoms with Gasteiger partial charge in [0.15, 0.2) is 0 Å². The minimum absolute atomic E-state index is 0.0505. The van der Waals surface area contributed by atoms with E-state index in [0.29, 0.717) is 17.9 Å². The van der Waals surface area contributed by atoms with Crippen molar-refractivity contribution in [2.24, 2.45) is 5.14 Å². The molecule has 108 valence electrons. The molecule has 4 N–H and O–H groups in total. The van der Waals surface area contributed by atoms with Gasteiger partial charge in [-0.1, -0.05) is 0 Å². The van der Waals surface area contributed by atoms with E-state index in [1.807, 2.05) is 18.9 Å². The van der Waals surface area contributed by atoms with Crippen molar-refractivity contribution in [3.05, 3.63) is 34.3 Å². The van der Waals surface area contributed by atoms with E-state index in [4.69, 9.17) is 10.9 Å². The molecular formula is C12H16N4O2S2. The first kappa shape index (κ1) is 14.8. The summed E-state index contributed by atoms with van der Waals surface area (Å²) in [5.41, 5.74) is 9.78. The third-order valence-electron chi connectivity index (χ3n) is 2.97. The Balaban J connectivity index is 2.34. The Kier molecular flexibility index (Phi) is 3.98. The fourth-order valence-electron chi connectivity index (χ4n) is 1.81. The van der Waals surface area contributed by atoms with Gasteiger partial charge in [-0.2, -0.15) is 0 Å². The molecule has 0 fully saturated rings. The fraction of sp³-hybridized carbons (Fsp3) is 0.250. The lowest BCUT2D eigenvalue weighted by Crippen LogP contribution is -2.19. The van der Waals surface area contributed by atoms with E-state index in [0.717, 1.165) is 10.6 Å². The van der Waals surface area contributed by atoms with Gasteiger partial charge in [-0.3, -0.25) is 0 Å². The van der Waals surface area contributed by atoms with Gasteiger partial charge in [0.25, 0.3) is 0 Å². The van der Waals surface area contributed by atoms with Crippen LogP contribution in [0.3, 0.4) is 0 Å². The number of nitrogens with two attached hydrogens (primary N) is 2. The molecule has 0 atom stereocenters. The Hall–Kier alpha value is -1.64. The average molecular weight is 312 g/mol. The first-order chi connectivity index (χ1) is 9.29. The molecule has 0 radical (unpaired) electrons. The number of hydrogen-bond donors (Lipinski definition) is 2. The maximum absolute atomic E-state index is 11.4. The molecule has 0 aliphatic carbocycles. The Bertz CT molecular complexity index is 725. The molecule has 6 nitrogen and oxygen atoms in total. The number of sulfonamides is 1. The van der Waals surface area contributed by atoms with Crippen molar-refractivity contribution in [1.29, 1.82) is 0 Å². The molecule has 0 amide bonds. The smallest absolute Gasteiger partial charge is 0.238 e. The van der Waals surface area contributed by atoms with Gasteiger partial charge in [-0.25, -0.2) is 18.5 Å². The summed E-state index contributed by atoms with van der Waals surface area (Å²) in [4.78, 5) is 7.22. The summed E-state index contributed by atoms with van der Waals surface area (Å²) in [6.45, 7) is 2.54. The third-order valence-corrected chi connectivity index (χ3v) is 4.80. The van der Waals surface area contributed by atoms with Crippen molar-refractivity contribution in [3.8, 4) is 0 Å². The maximum Gasteiger partial charge on any atom is 0.238 e. The van der Waals surface area contributed by atoms with Gasteiger partial charge >= 0.3 is 0 Å². The zero-order valence-corrected chi connectivity index (χ0v) is 12.8. The molecule has 2 rings (SSSR count). The maximum atomic E-state index is 11.4. The Morgan fingerprint density at radius 3 is 2.65 bits per heavy atom. The first-order valence-electron chi connectivity index (χ1n) is 5.81. The van der Waals surface area contributed by atoms with Crippen molar-refractivity contribution >= 4 is 32.7 Å². The molecule has 0 saturated carbocycles. The third kappa shape index (κ3) is 3.09. The van der Waals surface area contributed by atoms with Gasteiger partial charge in [0.05, 0.1) is 34.0 Å². The number of primary sulfonamides is 1. The van der Waals surface area contributed by atoms with Gasteiger partial charge in [-0.05, 0) is 25.1 Å². The van der Waals surface area contributed by atoms with E-state index in [9.17, 15) is 8.42 Å². The predicted molar refractivity (Wildman–Crippen MR) is 81.2 cm³/mol. The lowest BCUT2D eigenvalue weighted by molar-refractivity contribution is 0.598. The van der Waals surface area contributed by atoms with Gasteiger partial charge in [-0.15, -0.1) is 11.3 Å².